The number of aryl methyl sites for hydroxylation is 1. The number of amides is 1. The highest BCUT2D eigenvalue weighted by atomic mass is 32.1. The number of nitrogen functional groups attached to an aromatic ring is 1. The summed E-state index contributed by atoms with van der Waals surface area (Å²) in [5.74, 6) is -0.0221. The maximum atomic E-state index is 12.4. The topological polar surface area (TPSA) is 55.1 Å². The molecule has 1 heterocycles. The van der Waals surface area contributed by atoms with Crippen molar-refractivity contribution < 1.29 is 4.79 Å². The molecular formula is C17H22N2OS. The average Bonchev–Trinajstić information content (AvgIpc) is 2.75. The molecule has 4 heteroatoms. The van der Waals surface area contributed by atoms with Gasteiger partial charge in [0.25, 0.3) is 5.91 Å². The van der Waals surface area contributed by atoms with Gasteiger partial charge in [-0.25, -0.2) is 0 Å². The van der Waals surface area contributed by atoms with Crippen molar-refractivity contribution in [1.29, 1.82) is 0 Å². The van der Waals surface area contributed by atoms with Crippen molar-refractivity contribution in [3.63, 3.8) is 0 Å². The fourth-order valence-corrected chi connectivity index (χ4v) is 4.10. The van der Waals surface area contributed by atoms with E-state index >= 15 is 0 Å². The smallest absolute Gasteiger partial charge is 0.263 e. The number of carbonyl (C=O) groups is 1. The molecule has 1 aromatic carbocycles. The molecule has 3 rings (SSSR count). The second-order valence-corrected chi connectivity index (χ2v) is 7.29. The Morgan fingerprint density at radius 1 is 1.43 bits per heavy atom. The maximum absolute atomic E-state index is 12.4. The third-order valence-electron chi connectivity index (χ3n) is 4.88. The molecular weight excluding hydrogens is 280 g/mol. The second-order valence-electron chi connectivity index (χ2n) is 6.23. The van der Waals surface area contributed by atoms with Crippen LogP contribution in [0.1, 0.15) is 47.8 Å². The standard InChI is InChI=1S/C17H22N2OS/c1-3-17(7-4-8-17)10-19-16(20)15-14(18)12-9-11(2)5-6-13(12)21-15/h5-6,9H,3-4,7-8,10,18H2,1-2H3,(H,19,20). The Balaban J connectivity index is 1.80. The van der Waals surface area contributed by atoms with E-state index in [2.05, 4.69) is 24.4 Å². The van der Waals surface area contributed by atoms with Crippen LogP contribution in [0.3, 0.4) is 0 Å². The van der Waals surface area contributed by atoms with E-state index in [0.717, 1.165) is 23.1 Å². The molecule has 1 aliphatic carbocycles. The quantitative estimate of drug-likeness (QED) is 0.893. The number of hydrogen-bond donors (Lipinski definition) is 2. The summed E-state index contributed by atoms with van der Waals surface area (Å²) < 4.78 is 1.08. The van der Waals surface area contributed by atoms with Gasteiger partial charge in [-0.15, -0.1) is 11.3 Å². The second kappa shape index (κ2) is 5.34. The van der Waals surface area contributed by atoms with Crippen LogP contribution < -0.4 is 11.1 Å². The first-order chi connectivity index (χ1) is 10.0. The molecule has 0 atom stereocenters. The highest BCUT2D eigenvalue weighted by Crippen LogP contribution is 2.43. The number of rotatable bonds is 4. The highest BCUT2D eigenvalue weighted by Gasteiger charge is 2.35. The van der Waals surface area contributed by atoms with Gasteiger partial charge in [-0.2, -0.15) is 0 Å². The molecule has 3 N–H and O–H groups in total. The van der Waals surface area contributed by atoms with Gasteiger partial charge in [0.1, 0.15) is 4.88 Å². The van der Waals surface area contributed by atoms with E-state index in [1.165, 1.54) is 36.2 Å². The van der Waals surface area contributed by atoms with Crippen molar-refractivity contribution >= 4 is 33.0 Å². The molecule has 0 bridgehead atoms. The third-order valence-corrected chi connectivity index (χ3v) is 6.06. The Labute approximate surface area is 129 Å². The number of anilines is 1. The summed E-state index contributed by atoms with van der Waals surface area (Å²) in [6.07, 6.45) is 4.87. The number of hydrogen-bond acceptors (Lipinski definition) is 3. The van der Waals surface area contributed by atoms with Crippen LogP contribution in [0.15, 0.2) is 18.2 Å². The first-order valence-corrected chi connectivity index (χ1v) is 8.43. The first kappa shape index (κ1) is 14.4. The minimum Gasteiger partial charge on any atom is -0.397 e. The van der Waals surface area contributed by atoms with Gasteiger partial charge in [0.05, 0.1) is 5.69 Å². The van der Waals surface area contributed by atoms with Crippen molar-refractivity contribution in [2.75, 3.05) is 12.3 Å². The van der Waals surface area contributed by atoms with Crippen molar-refractivity contribution in [3.8, 4) is 0 Å². The molecule has 0 spiro atoms. The van der Waals surface area contributed by atoms with Crippen LogP contribution in [0.2, 0.25) is 0 Å². The van der Waals surface area contributed by atoms with E-state index in [9.17, 15) is 4.79 Å². The summed E-state index contributed by atoms with van der Waals surface area (Å²) in [5.41, 5.74) is 8.29. The van der Waals surface area contributed by atoms with Gasteiger partial charge >= 0.3 is 0 Å². The minimum atomic E-state index is -0.0221. The summed E-state index contributed by atoms with van der Waals surface area (Å²) in [4.78, 5) is 13.1. The Morgan fingerprint density at radius 2 is 2.19 bits per heavy atom. The molecule has 0 saturated heterocycles. The van der Waals surface area contributed by atoms with E-state index in [0.29, 0.717) is 16.0 Å². The summed E-state index contributed by atoms with van der Waals surface area (Å²) in [7, 11) is 0. The van der Waals surface area contributed by atoms with Crippen LogP contribution in [-0.2, 0) is 0 Å². The fraction of sp³-hybridized carbons (Fsp3) is 0.471. The summed E-state index contributed by atoms with van der Waals surface area (Å²) in [6, 6.07) is 6.15. The lowest BCUT2D eigenvalue weighted by molar-refractivity contribution is 0.0854. The lowest BCUT2D eigenvalue weighted by Gasteiger charge is -2.41. The van der Waals surface area contributed by atoms with Gasteiger partial charge in [-0.1, -0.05) is 25.0 Å². The van der Waals surface area contributed by atoms with Crippen LogP contribution in [0.25, 0.3) is 10.1 Å². The zero-order valence-corrected chi connectivity index (χ0v) is 13.5. The minimum absolute atomic E-state index is 0.0221. The average molecular weight is 302 g/mol. The molecule has 0 unspecified atom stereocenters. The fourth-order valence-electron chi connectivity index (χ4n) is 3.08. The molecule has 1 aromatic heterocycles. The van der Waals surface area contributed by atoms with Gasteiger partial charge in [-0.3, -0.25) is 4.79 Å². The molecule has 1 amide bonds. The van der Waals surface area contributed by atoms with E-state index < -0.39 is 0 Å². The number of benzene rings is 1. The molecule has 1 aliphatic rings. The zero-order chi connectivity index (χ0) is 15.0. The van der Waals surface area contributed by atoms with Crippen LogP contribution in [0, 0.1) is 12.3 Å². The molecule has 112 valence electrons. The van der Waals surface area contributed by atoms with Crippen LogP contribution in [0.5, 0.6) is 0 Å². The maximum Gasteiger partial charge on any atom is 0.263 e. The number of nitrogens with one attached hydrogen (secondary N) is 1. The predicted octanol–water partition coefficient (Wildman–Crippen LogP) is 4.10. The van der Waals surface area contributed by atoms with Crippen molar-refractivity contribution in [2.24, 2.45) is 5.41 Å². The Bertz CT molecular complexity index is 680. The third kappa shape index (κ3) is 2.53. The van der Waals surface area contributed by atoms with Crippen LogP contribution in [0.4, 0.5) is 5.69 Å². The lowest BCUT2D eigenvalue weighted by Crippen LogP contribution is -2.41. The van der Waals surface area contributed by atoms with Gasteiger partial charge in [0, 0.05) is 16.6 Å². The Morgan fingerprint density at radius 3 is 2.81 bits per heavy atom. The van der Waals surface area contributed by atoms with E-state index in [1.54, 1.807) is 0 Å². The first-order valence-electron chi connectivity index (χ1n) is 7.61. The van der Waals surface area contributed by atoms with Crippen molar-refractivity contribution in [3.05, 3.63) is 28.6 Å². The van der Waals surface area contributed by atoms with Crippen molar-refractivity contribution in [2.45, 2.75) is 39.5 Å². The predicted molar refractivity (Wildman–Crippen MR) is 89.9 cm³/mol. The normalized spacial score (nSPS) is 16.7. The number of thiophene rings is 1. The molecule has 0 radical (unpaired) electrons. The van der Waals surface area contributed by atoms with Crippen LogP contribution >= 0.6 is 11.3 Å². The van der Waals surface area contributed by atoms with Gasteiger partial charge < -0.3 is 11.1 Å². The van der Waals surface area contributed by atoms with E-state index in [1.807, 2.05) is 13.0 Å². The largest absolute Gasteiger partial charge is 0.397 e. The van der Waals surface area contributed by atoms with Gasteiger partial charge in [0.2, 0.25) is 0 Å². The van der Waals surface area contributed by atoms with Crippen LogP contribution in [-0.4, -0.2) is 12.5 Å². The Hall–Kier alpha value is -1.55. The molecule has 1 fully saturated rings. The zero-order valence-electron chi connectivity index (χ0n) is 12.7. The number of carbonyl (C=O) groups excluding carboxylic acids is 1. The van der Waals surface area contributed by atoms with Gasteiger partial charge in [0.15, 0.2) is 0 Å². The number of fused-ring (bicyclic) bond motifs is 1. The van der Waals surface area contributed by atoms with E-state index in [4.69, 9.17) is 5.73 Å². The molecule has 2 aromatic rings. The molecule has 21 heavy (non-hydrogen) atoms. The molecule has 0 aliphatic heterocycles. The Kier molecular flexibility index (Phi) is 3.66. The molecule has 3 nitrogen and oxygen atoms in total. The highest BCUT2D eigenvalue weighted by molar-refractivity contribution is 7.21. The number of nitrogens with two attached hydrogens (primary N) is 1. The summed E-state index contributed by atoms with van der Waals surface area (Å²) in [5, 5.41) is 4.10. The monoisotopic (exact) mass is 302 g/mol. The summed E-state index contributed by atoms with van der Waals surface area (Å²) >= 11 is 1.49. The van der Waals surface area contributed by atoms with E-state index in [-0.39, 0.29) is 5.91 Å². The SMILES string of the molecule is CCC1(CNC(=O)c2sc3ccc(C)cc3c2N)CCC1. The molecule has 1 saturated carbocycles. The van der Waals surface area contributed by atoms with Gasteiger partial charge in [-0.05, 0) is 43.7 Å². The lowest BCUT2D eigenvalue weighted by atomic mass is 9.67. The van der Waals surface area contributed by atoms with Crippen molar-refractivity contribution in [1.82, 2.24) is 5.32 Å². The summed E-state index contributed by atoms with van der Waals surface area (Å²) in [6.45, 7) is 5.02.